The lowest BCUT2D eigenvalue weighted by Gasteiger charge is -2.46. The summed E-state index contributed by atoms with van der Waals surface area (Å²) in [5, 5.41) is 2.87. The average Bonchev–Trinajstić information content (AvgIpc) is 3.23. The fraction of sp³-hybridized carbons (Fsp3) is 0.619. The zero-order valence-corrected chi connectivity index (χ0v) is 16.8. The van der Waals surface area contributed by atoms with Gasteiger partial charge in [-0.2, -0.15) is 0 Å². The molecule has 2 bridgehead atoms. The Morgan fingerprint density at radius 2 is 1.86 bits per heavy atom. The predicted molar refractivity (Wildman–Crippen MR) is 106 cm³/mol. The van der Waals surface area contributed by atoms with Crippen LogP contribution in [0, 0.1) is 5.92 Å². The Hall–Kier alpha value is -2.64. The van der Waals surface area contributed by atoms with E-state index in [-0.39, 0.29) is 48.1 Å². The van der Waals surface area contributed by atoms with Gasteiger partial charge in [0.05, 0.1) is 0 Å². The average molecular weight is 400 g/mol. The Bertz CT molecular complexity index is 874. The first kappa shape index (κ1) is 19.7. The largest absolute Gasteiger partial charge is 0.354 e. The van der Waals surface area contributed by atoms with Crippen LogP contribution in [0.1, 0.15) is 50.3 Å². The Kier molecular flexibility index (Phi) is 5.43. The van der Waals surface area contributed by atoms with E-state index in [1.807, 2.05) is 11.0 Å². The highest BCUT2D eigenvalue weighted by Gasteiger charge is 2.44. The number of aromatic nitrogens is 1. The van der Waals surface area contributed by atoms with Gasteiger partial charge in [0, 0.05) is 69.7 Å². The van der Waals surface area contributed by atoms with Crippen LogP contribution in [0.5, 0.6) is 0 Å². The van der Waals surface area contributed by atoms with Crippen LogP contribution in [-0.2, 0) is 14.4 Å². The number of rotatable bonds is 4. The normalized spacial score (nSPS) is 25.5. The molecule has 3 atom stereocenters. The topological polar surface area (TPSA) is 91.7 Å². The van der Waals surface area contributed by atoms with Crippen molar-refractivity contribution in [2.24, 2.45) is 5.92 Å². The summed E-state index contributed by atoms with van der Waals surface area (Å²) in [6, 6.07) is 4.41. The quantitative estimate of drug-likeness (QED) is 0.796. The summed E-state index contributed by atoms with van der Waals surface area (Å²) in [5.74, 6) is -0.249. The molecule has 0 radical (unpaired) electrons. The summed E-state index contributed by atoms with van der Waals surface area (Å²) in [7, 11) is 0. The van der Waals surface area contributed by atoms with Gasteiger partial charge in [0.1, 0.15) is 6.04 Å². The molecule has 2 saturated heterocycles. The van der Waals surface area contributed by atoms with Crippen molar-refractivity contribution in [3.05, 3.63) is 34.2 Å². The molecule has 0 aliphatic carbocycles. The summed E-state index contributed by atoms with van der Waals surface area (Å²) in [4.78, 5) is 53.5. The molecule has 3 aliphatic rings. The van der Waals surface area contributed by atoms with Crippen molar-refractivity contribution in [3.8, 4) is 0 Å². The second-order valence-electron chi connectivity index (χ2n) is 8.35. The van der Waals surface area contributed by atoms with E-state index < -0.39 is 6.04 Å². The molecule has 2 fully saturated rings. The first-order valence-electron chi connectivity index (χ1n) is 10.5. The molecule has 8 nitrogen and oxygen atoms in total. The number of hydrogen-bond donors (Lipinski definition) is 1. The van der Waals surface area contributed by atoms with Gasteiger partial charge in [-0.05, 0) is 25.3 Å². The fourth-order valence-electron chi connectivity index (χ4n) is 5.05. The van der Waals surface area contributed by atoms with E-state index in [0.29, 0.717) is 13.1 Å². The van der Waals surface area contributed by atoms with Crippen LogP contribution in [0.2, 0.25) is 0 Å². The van der Waals surface area contributed by atoms with Crippen LogP contribution in [0.4, 0.5) is 0 Å². The second-order valence-corrected chi connectivity index (χ2v) is 8.35. The van der Waals surface area contributed by atoms with E-state index in [4.69, 9.17) is 0 Å². The molecule has 8 heteroatoms. The van der Waals surface area contributed by atoms with Gasteiger partial charge in [0.15, 0.2) is 0 Å². The Balaban J connectivity index is 1.51. The predicted octanol–water partition coefficient (Wildman–Crippen LogP) is 0.484. The Labute approximate surface area is 169 Å². The maximum absolute atomic E-state index is 13.1. The van der Waals surface area contributed by atoms with Crippen molar-refractivity contribution in [1.29, 1.82) is 0 Å². The molecule has 0 saturated carbocycles. The summed E-state index contributed by atoms with van der Waals surface area (Å²) in [6.45, 7) is 4.43. The molecule has 1 aromatic rings. The fourth-order valence-corrected chi connectivity index (χ4v) is 5.05. The van der Waals surface area contributed by atoms with Crippen molar-refractivity contribution in [1.82, 2.24) is 19.7 Å². The Morgan fingerprint density at radius 1 is 1.10 bits per heavy atom. The maximum Gasteiger partial charge on any atom is 0.251 e. The number of fused-ring (bicyclic) bond motifs is 4. The molecule has 0 unspecified atom stereocenters. The number of pyridine rings is 1. The number of amides is 3. The van der Waals surface area contributed by atoms with Gasteiger partial charge in [-0.1, -0.05) is 6.07 Å². The molecule has 0 spiro atoms. The number of nitrogens with zero attached hydrogens (tertiary/aromatic N) is 3. The van der Waals surface area contributed by atoms with Crippen LogP contribution < -0.4 is 10.9 Å². The van der Waals surface area contributed by atoms with Crippen LogP contribution in [0.15, 0.2) is 23.0 Å². The molecule has 3 aliphatic heterocycles. The summed E-state index contributed by atoms with van der Waals surface area (Å²) in [6.07, 6.45) is 3.12. The lowest BCUT2D eigenvalue weighted by Crippen LogP contribution is -2.54. The molecule has 4 heterocycles. The molecule has 29 heavy (non-hydrogen) atoms. The molecule has 1 aromatic heterocycles. The third kappa shape index (κ3) is 3.80. The number of likely N-dealkylation sites (tertiary alicyclic amines) is 2. The first-order valence-corrected chi connectivity index (χ1v) is 10.5. The molecular weight excluding hydrogens is 372 g/mol. The zero-order valence-electron chi connectivity index (χ0n) is 16.8. The highest BCUT2D eigenvalue weighted by atomic mass is 16.2. The minimum absolute atomic E-state index is 0.0122. The summed E-state index contributed by atoms with van der Waals surface area (Å²) >= 11 is 0. The smallest absolute Gasteiger partial charge is 0.251 e. The second kappa shape index (κ2) is 8.00. The van der Waals surface area contributed by atoms with Crippen molar-refractivity contribution >= 4 is 17.7 Å². The lowest BCUT2D eigenvalue weighted by molar-refractivity contribution is -0.136. The highest BCUT2D eigenvalue weighted by molar-refractivity contribution is 5.82. The highest BCUT2D eigenvalue weighted by Crippen LogP contribution is 2.41. The zero-order chi connectivity index (χ0) is 20.5. The van der Waals surface area contributed by atoms with E-state index >= 15 is 0 Å². The van der Waals surface area contributed by atoms with Crippen molar-refractivity contribution in [2.75, 3.05) is 32.7 Å². The van der Waals surface area contributed by atoms with Gasteiger partial charge >= 0.3 is 0 Å². The molecule has 4 rings (SSSR count). The minimum Gasteiger partial charge on any atom is -0.354 e. The molecule has 3 amide bonds. The molecule has 0 aromatic carbocycles. The molecule has 156 valence electrons. The summed E-state index contributed by atoms with van der Waals surface area (Å²) in [5.41, 5.74) is 0.620. The maximum atomic E-state index is 13.1. The standard InChI is InChI=1S/C21H28N4O4/c1-14(26)24-12-15-11-16(13-24)20(25-17(15)5-4-6-19(25)28)21(29)22-8-7-18(27)23-9-2-3-10-23/h4-6,15-16,20H,2-3,7-13H2,1H3,(H,22,29)/t15-,16+,20-/m1/s1. The monoisotopic (exact) mass is 400 g/mol. The van der Waals surface area contributed by atoms with Crippen LogP contribution >= 0.6 is 0 Å². The summed E-state index contributed by atoms with van der Waals surface area (Å²) < 4.78 is 1.61. The van der Waals surface area contributed by atoms with Crippen LogP contribution in [0.25, 0.3) is 0 Å². The van der Waals surface area contributed by atoms with E-state index in [2.05, 4.69) is 5.32 Å². The van der Waals surface area contributed by atoms with Gasteiger partial charge in [-0.15, -0.1) is 0 Å². The Morgan fingerprint density at radius 3 is 2.59 bits per heavy atom. The first-order chi connectivity index (χ1) is 14.0. The van der Waals surface area contributed by atoms with Gasteiger partial charge in [-0.25, -0.2) is 0 Å². The van der Waals surface area contributed by atoms with Gasteiger partial charge in [0.25, 0.3) is 5.56 Å². The van der Waals surface area contributed by atoms with Gasteiger partial charge in [-0.3, -0.25) is 23.7 Å². The van der Waals surface area contributed by atoms with Gasteiger partial charge in [0.2, 0.25) is 17.7 Å². The van der Waals surface area contributed by atoms with E-state index in [9.17, 15) is 19.2 Å². The molecule has 1 N–H and O–H groups in total. The molecular formula is C21H28N4O4. The van der Waals surface area contributed by atoms with E-state index in [1.165, 1.54) is 13.0 Å². The lowest BCUT2D eigenvalue weighted by atomic mass is 9.78. The van der Waals surface area contributed by atoms with E-state index in [1.54, 1.807) is 15.5 Å². The third-order valence-electron chi connectivity index (χ3n) is 6.46. The van der Waals surface area contributed by atoms with Crippen molar-refractivity contribution < 1.29 is 14.4 Å². The third-order valence-corrected chi connectivity index (χ3v) is 6.46. The van der Waals surface area contributed by atoms with Crippen LogP contribution in [0.3, 0.4) is 0 Å². The van der Waals surface area contributed by atoms with Crippen molar-refractivity contribution in [2.45, 2.75) is 44.6 Å². The number of piperidine rings is 1. The van der Waals surface area contributed by atoms with Crippen LogP contribution in [-0.4, -0.2) is 64.8 Å². The van der Waals surface area contributed by atoms with Crippen molar-refractivity contribution in [3.63, 3.8) is 0 Å². The number of carbonyl (C=O) groups excluding carboxylic acids is 3. The number of carbonyl (C=O) groups is 3. The van der Waals surface area contributed by atoms with Gasteiger partial charge < -0.3 is 15.1 Å². The van der Waals surface area contributed by atoms with E-state index in [0.717, 1.165) is 38.0 Å². The SMILES string of the molecule is CC(=O)N1C[C@H]2C[C@@H](C1)[C@H](C(=O)NCCC(=O)N1CCCC1)n1c2cccc1=O. The minimum atomic E-state index is -0.654. The number of nitrogens with one attached hydrogen (secondary N) is 1. The number of hydrogen-bond acceptors (Lipinski definition) is 4.